The summed E-state index contributed by atoms with van der Waals surface area (Å²) in [6.07, 6.45) is 1.07. The second-order valence-corrected chi connectivity index (χ2v) is 5.07. The van der Waals surface area contributed by atoms with E-state index >= 15 is 0 Å². The number of nitrogen functional groups attached to an aromatic ring is 1. The number of aryl methyl sites for hydroxylation is 1. The van der Waals surface area contributed by atoms with E-state index in [0.717, 1.165) is 16.3 Å². The van der Waals surface area contributed by atoms with E-state index in [4.69, 9.17) is 27.4 Å². The van der Waals surface area contributed by atoms with Gasteiger partial charge in [-0.25, -0.2) is 5.84 Å². The Hall–Kier alpha value is -2.77. The number of hydrogen-bond acceptors (Lipinski definition) is 6. The number of nitrogens with two attached hydrogens (primary N) is 3. The maximum atomic E-state index is 8.54. The molecule has 7 N–H and O–H groups in total. The van der Waals surface area contributed by atoms with Gasteiger partial charge < -0.3 is 16.7 Å². The van der Waals surface area contributed by atoms with Crippen LogP contribution in [0.3, 0.4) is 0 Å². The molecule has 0 saturated heterocycles. The molecule has 0 fully saturated rings. The summed E-state index contributed by atoms with van der Waals surface area (Å²) in [7, 11) is 0. The van der Waals surface area contributed by atoms with Crippen molar-refractivity contribution in [1.82, 2.24) is 0 Å². The number of amidine groups is 1. The lowest BCUT2D eigenvalue weighted by atomic mass is 10.1. The fraction of sp³-hybridized carbons (Fsp3) is 0.278. The number of hydrogen-bond donors (Lipinski definition) is 4. The Morgan fingerprint density at radius 1 is 1.12 bits per heavy atom. The van der Waals surface area contributed by atoms with Crippen LogP contribution in [-0.4, -0.2) is 11.0 Å². The summed E-state index contributed by atoms with van der Waals surface area (Å²) >= 11 is 0. The number of anilines is 2. The van der Waals surface area contributed by atoms with E-state index in [9.17, 15) is 0 Å². The third-order valence-electron chi connectivity index (χ3n) is 3.34. The van der Waals surface area contributed by atoms with Crippen LogP contribution in [0.25, 0.3) is 0 Å². The molecule has 0 heterocycles. The van der Waals surface area contributed by atoms with Gasteiger partial charge in [-0.2, -0.15) is 5.17 Å². The van der Waals surface area contributed by atoms with E-state index < -0.39 is 0 Å². The van der Waals surface area contributed by atoms with Gasteiger partial charge in [0, 0.05) is 6.42 Å². The van der Waals surface area contributed by atoms with E-state index in [1.54, 1.807) is 12.1 Å². The molecule has 0 aliphatic heterocycles. The van der Waals surface area contributed by atoms with Crippen LogP contribution in [-0.2, 0) is 17.9 Å². The highest BCUT2D eigenvalue weighted by Gasteiger charge is 2.08. The van der Waals surface area contributed by atoms with Crippen LogP contribution in [0.1, 0.15) is 31.4 Å². The number of hydrazine groups is 1. The van der Waals surface area contributed by atoms with Gasteiger partial charge in [0.2, 0.25) is 0 Å². The molecule has 0 saturated carbocycles. The molecule has 136 valence electrons. The summed E-state index contributed by atoms with van der Waals surface area (Å²) in [5.74, 6) is 6.08. The third-order valence-corrected chi connectivity index (χ3v) is 3.34. The van der Waals surface area contributed by atoms with Crippen LogP contribution in [0.15, 0.2) is 53.7 Å². The van der Waals surface area contributed by atoms with Crippen molar-refractivity contribution < 1.29 is 10.0 Å². The van der Waals surface area contributed by atoms with Crippen molar-refractivity contribution in [2.45, 2.75) is 33.3 Å². The van der Waals surface area contributed by atoms with Crippen LogP contribution in [0.4, 0.5) is 11.4 Å². The summed E-state index contributed by atoms with van der Waals surface area (Å²) in [4.78, 5) is 5.51. The molecule has 25 heavy (non-hydrogen) atoms. The topological polar surface area (TPSA) is 123 Å². The van der Waals surface area contributed by atoms with Gasteiger partial charge in [-0.3, -0.25) is 4.84 Å². The lowest BCUT2D eigenvalue weighted by Gasteiger charge is -2.20. The normalized spacial score (nSPS) is 10.8. The first kappa shape index (κ1) is 20.3. The highest BCUT2D eigenvalue weighted by molar-refractivity contribution is 5.80. The van der Waals surface area contributed by atoms with Gasteiger partial charge in [-0.1, -0.05) is 55.4 Å². The molecule has 0 aliphatic rings. The average molecular weight is 345 g/mol. The predicted molar refractivity (Wildman–Crippen MR) is 102 cm³/mol. The third kappa shape index (κ3) is 6.70. The van der Waals surface area contributed by atoms with E-state index in [-0.39, 0.29) is 5.84 Å². The monoisotopic (exact) mass is 345 g/mol. The molecular weight excluding hydrogens is 318 g/mol. The largest absolute Gasteiger partial charge is 0.409 e. The van der Waals surface area contributed by atoms with Crippen LogP contribution in [0.2, 0.25) is 0 Å². The van der Waals surface area contributed by atoms with Crippen molar-refractivity contribution in [3.05, 3.63) is 59.7 Å². The van der Waals surface area contributed by atoms with Crippen molar-refractivity contribution in [1.29, 1.82) is 0 Å². The van der Waals surface area contributed by atoms with E-state index in [1.165, 1.54) is 0 Å². The average Bonchev–Trinajstić information content (AvgIpc) is 2.66. The number of nitrogens with zero attached hydrogens (tertiary/aromatic N) is 2. The number of benzene rings is 2. The zero-order chi connectivity index (χ0) is 18.7. The summed E-state index contributed by atoms with van der Waals surface area (Å²) in [5, 5.41) is 12.6. The van der Waals surface area contributed by atoms with Gasteiger partial charge in [0.15, 0.2) is 0 Å². The fourth-order valence-corrected chi connectivity index (χ4v) is 2.07. The van der Waals surface area contributed by atoms with E-state index in [0.29, 0.717) is 30.8 Å². The molecular formula is C18H27N5O2. The van der Waals surface area contributed by atoms with Crippen molar-refractivity contribution in [2.75, 3.05) is 10.9 Å². The van der Waals surface area contributed by atoms with Gasteiger partial charge in [-0.15, -0.1) is 0 Å². The lowest BCUT2D eigenvalue weighted by molar-refractivity contribution is 0.0951. The first-order valence-electron chi connectivity index (χ1n) is 8.16. The quantitative estimate of drug-likeness (QED) is 0.153. The highest BCUT2D eigenvalue weighted by atomic mass is 16.7. The Morgan fingerprint density at radius 2 is 1.80 bits per heavy atom. The maximum Gasteiger partial charge on any atom is 0.139 e. The second kappa shape index (κ2) is 10.9. The molecule has 2 aromatic carbocycles. The molecule has 0 atom stereocenters. The molecule has 0 spiro atoms. The van der Waals surface area contributed by atoms with Crippen LogP contribution < -0.4 is 22.5 Å². The van der Waals surface area contributed by atoms with Crippen LogP contribution >= 0.6 is 0 Å². The SMILES string of the molecule is CC.N/C(CCc1ccc(N(N)OCc2ccccc2)c(N)c1)=N\O. The van der Waals surface area contributed by atoms with Gasteiger partial charge >= 0.3 is 0 Å². The molecule has 7 nitrogen and oxygen atoms in total. The second-order valence-electron chi connectivity index (χ2n) is 5.07. The molecule has 0 bridgehead atoms. The highest BCUT2D eigenvalue weighted by Crippen LogP contribution is 2.23. The van der Waals surface area contributed by atoms with Crippen molar-refractivity contribution in [3.63, 3.8) is 0 Å². The van der Waals surface area contributed by atoms with E-state index in [1.807, 2.05) is 50.2 Å². The van der Waals surface area contributed by atoms with Crippen molar-refractivity contribution in [2.24, 2.45) is 16.7 Å². The minimum Gasteiger partial charge on any atom is -0.409 e. The van der Waals surface area contributed by atoms with Crippen molar-refractivity contribution >= 4 is 17.2 Å². The summed E-state index contributed by atoms with van der Waals surface area (Å²) in [5.41, 5.74) is 14.5. The Balaban J connectivity index is 0.00000151. The minimum absolute atomic E-state index is 0.180. The minimum atomic E-state index is 0.180. The molecule has 2 aromatic rings. The zero-order valence-corrected chi connectivity index (χ0v) is 14.7. The molecule has 0 amide bonds. The lowest BCUT2D eigenvalue weighted by Crippen LogP contribution is -2.31. The standard InChI is InChI=1S/C16H21N5O2.C2H6/c17-14-10-12(7-9-16(18)20-22)6-8-15(14)21(19)23-11-13-4-2-1-3-5-13;1-2/h1-6,8,10,22H,7,9,11,17,19H2,(H2,18,20);1-2H3. The zero-order valence-electron chi connectivity index (χ0n) is 14.7. The molecule has 0 radical (unpaired) electrons. The summed E-state index contributed by atoms with van der Waals surface area (Å²) in [6.45, 7) is 4.35. The Kier molecular flexibility index (Phi) is 8.84. The molecule has 0 unspecified atom stereocenters. The van der Waals surface area contributed by atoms with Gasteiger partial charge in [0.25, 0.3) is 0 Å². The number of rotatable bonds is 7. The van der Waals surface area contributed by atoms with Gasteiger partial charge in [0.1, 0.15) is 18.1 Å². The Labute approximate surface area is 148 Å². The molecule has 7 heteroatoms. The van der Waals surface area contributed by atoms with Gasteiger partial charge in [0.05, 0.1) is 5.69 Å². The molecule has 2 rings (SSSR count). The predicted octanol–water partition coefficient (Wildman–Crippen LogP) is 2.79. The Bertz CT molecular complexity index is 662. The Morgan fingerprint density at radius 3 is 2.40 bits per heavy atom. The first-order valence-corrected chi connectivity index (χ1v) is 8.16. The van der Waals surface area contributed by atoms with Gasteiger partial charge in [-0.05, 0) is 29.7 Å². The maximum absolute atomic E-state index is 8.54. The number of oxime groups is 1. The van der Waals surface area contributed by atoms with E-state index in [2.05, 4.69) is 5.16 Å². The van der Waals surface area contributed by atoms with Crippen LogP contribution in [0.5, 0.6) is 0 Å². The molecule has 0 aliphatic carbocycles. The van der Waals surface area contributed by atoms with Crippen LogP contribution in [0, 0.1) is 0 Å². The van der Waals surface area contributed by atoms with Crippen molar-refractivity contribution in [3.8, 4) is 0 Å². The summed E-state index contributed by atoms with van der Waals surface area (Å²) in [6, 6.07) is 15.2. The fourth-order valence-electron chi connectivity index (χ4n) is 2.07. The molecule has 0 aromatic heterocycles. The smallest absolute Gasteiger partial charge is 0.139 e. The summed E-state index contributed by atoms with van der Waals surface area (Å²) < 4.78 is 0. The first-order chi connectivity index (χ1) is 12.1.